The third-order valence-corrected chi connectivity index (χ3v) is 3.85. The van der Waals surface area contributed by atoms with Crippen LogP contribution in [-0.4, -0.2) is 30.8 Å². The summed E-state index contributed by atoms with van der Waals surface area (Å²) in [5.74, 6) is 0.992. The van der Waals surface area contributed by atoms with Crippen molar-refractivity contribution in [1.82, 2.24) is 4.90 Å². The van der Waals surface area contributed by atoms with Gasteiger partial charge in [0.15, 0.2) is 0 Å². The molecule has 1 fully saturated rings. The maximum Gasteiger partial charge on any atom is 0.124 e. The fraction of sp³-hybridized carbons (Fsp3) is 0.562. The van der Waals surface area contributed by atoms with Gasteiger partial charge in [0.05, 0.1) is 0 Å². The van der Waals surface area contributed by atoms with E-state index < -0.39 is 0 Å². The van der Waals surface area contributed by atoms with Crippen LogP contribution in [0, 0.1) is 11.8 Å². The quantitative estimate of drug-likeness (QED) is 0.743. The van der Waals surface area contributed by atoms with Crippen molar-refractivity contribution in [3.8, 4) is 0 Å². The van der Waals surface area contributed by atoms with Gasteiger partial charge in [0.25, 0.3) is 0 Å². The van der Waals surface area contributed by atoms with Crippen molar-refractivity contribution < 1.29 is 4.79 Å². The van der Waals surface area contributed by atoms with Crippen LogP contribution in [0.5, 0.6) is 0 Å². The number of likely N-dealkylation sites (tertiary alicyclic amines) is 1. The van der Waals surface area contributed by atoms with Gasteiger partial charge in [-0.2, -0.15) is 0 Å². The highest BCUT2D eigenvalue weighted by molar-refractivity contribution is 5.53. The Morgan fingerprint density at radius 3 is 2.56 bits per heavy atom. The standard InChI is InChI=1S/C16H23NO/c1-14(13-18)12-17-9-7-16(8-10-17)11-15-5-3-2-4-6-15/h2-6,13-14,16H,7-12H2,1H3. The van der Waals surface area contributed by atoms with Gasteiger partial charge in [-0.05, 0) is 43.8 Å². The molecule has 1 aromatic carbocycles. The molecule has 0 N–H and O–H groups in total. The summed E-state index contributed by atoms with van der Waals surface area (Å²) in [6.45, 7) is 5.23. The lowest BCUT2D eigenvalue weighted by Gasteiger charge is -2.32. The molecule has 0 aromatic heterocycles. The number of benzene rings is 1. The van der Waals surface area contributed by atoms with Gasteiger partial charge in [-0.1, -0.05) is 37.3 Å². The van der Waals surface area contributed by atoms with E-state index >= 15 is 0 Å². The molecule has 0 aliphatic carbocycles. The van der Waals surface area contributed by atoms with Gasteiger partial charge in [-0.15, -0.1) is 0 Å². The molecule has 18 heavy (non-hydrogen) atoms. The lowest BCUT2D eigenvalue weighted by atomic mass is 9.90. The minimum absolute atomic E-state index is 0.177. The number of aldehydes is 1. The predicted molar refractivity (Wildman–Crippen MR) is 74.5 cm³/mol. The number of hydrogen-bond acceptors (Lipinski definition) is 2. The Kier molecular flexibility index (Phi) is 4.94. The maximum atomic E-state index is 10.7. The molecule has 1 aliphatic rings. The first-order chi connectivity index (χ1) is 8.78. The third kappa shape index (κ3) is 3.95. The zero-order valence-electron chi connectivity index (χ0n) is 11.2. The van der Waals surface area contributed by atoms with Gasteiger partial charge < -0.3 is 9.69 Å². The average molecular weight is 245 g/mol. The van der Waals surface area contributed by atoms with Gasteiger partial charge in [0.2, 0.25) is 0 Å². The molecule has 2 nitrogen and oxygen atoms in total. The Labute approximate surface area is 110 Å². The van der Waals surface area contributed by atoms with Crippen LogP contribution < -0.4 is 0 Å². The second-order valence-corrected chi connectivity index (χ2v) is 5.55. The summed E-state index contributed by atoms with van der Waals surface area (Å²) in [4.78, 5) is 13.1. The van der Waals surface area contributed by atoms with E-state index in [-0.39, 0.29) is 5.92 Å². The molecule has 1 saturated heterocycles. The Bertz CT molecular complexity index is 355. The van der Waals surface area contributed by atoms with Crippen LogP contribution in [0.1, 0.15) is 25.3 Å². The number of piperidine rings is 1. The lowest BCUT2D eigenvalue weighted by Crippen LogP contribution is -2.37. The molecule has 0 amide bonds. The molecule has 98 valence electrons. The highest BCUT2D eigenvalue weighted by Crippen LogP contribution is 2.21. The molecule has 1 unspecified atom stereocenters. The van der Waals surface area contributed by atoms with Crippen LogP contribution in [0.25, 0.3) is 0 Å². The summed E-state index contributed by atoms with van der Waals surface area (Å²) < 4.78 is 0. The second-order valence-electron chi connectivity index (χ2n) is 5.55. The summed E-state index contributed by atoms with van der Waals surface area (Å²) in [7, 11) is 0. The predicted octanol–water partition coefficient (Wildman–Crippen LogP) is 2.78. The van der Waals surface area contributed by atoms with E-state index in [0.717, 1.165) is 31.8 Å². The highest BCUT2D eigenvalue weighted by atomic mass is 16.1. The first-order valence-electron chi connectivity index (χ1n) is 6.99. The summed E-state index contributed by atoms with van der Waals surface area (Å²) >= 11 is 0. The van der Waals surface area contributed by atoms with Crippen LogP contribution in [0.2, 0.25) is 0 Å². The molecular weight excluding hydrogens is 222 g/mol. The largest absolute Gasteiger partial charge is 0.303 e. The van der Waals surface area contributed by atoms with Crippen LogP contribution in [0.15, 0.2) is 30.3 Å². The van der Waals surface area contributed by atoms with Crippen molar-refractivity contribution in [3.63, 3.8) is 0 Å². The smallest absolute Gasteiger partial charge is 0.124 e. The number of hydrogen-bond donors (Lipinski definition) is 0. The van der Waals surface area contributed by atoms with Gasteiger partial charge in [0, 0.05) is 12.5 Å². The fourth-order valence-electron chi connectivity index (χ4n) is 2.77. The normalized spacial score (nSPS) is 19.6. The minimum atomic E-state index is 0.177. The zero-order chi connectivity index (χ0) is 12.8. The summed E-state index contributed by atoms with van der Waals surface area (Å²) in [5.41, 5.74) is 1.46. The van der Waals surface area contributed by atoms with Crippen molar-refractivity contribution >= 4 is 6.29 Å². The number of rotatable bonds is 5. The molecule has 1 aromatic rings. The fourth-order valence-corrected chi connectivity index (χ4v) is 2.77. The van der Waals surface area contributed by atoms with E-state index in [0.29, 0.717) is 0 Å². The van der Waals surface area contributed by atoms with Crippen molar-refractivity contribution in [3.05, 3.63) is 35.9 Å². The Hall–Kier alpha value is -1.15. The van der Waals surface area contributed by atoms with Gasteiger partial charge in [-0.25, -0.2) is 0 Å². The molecule has 2 rings (SSSR count). The van der Waals surface area contributed by atoms with E-state index in [4.69, 9.17) is 0 Å². The monoisotopic (exact) mass is 245 g/mol. The zero-order valence-corrected chi connectivity index (χ0v) is 11.2. The number of carbonyl (C=O) groups excluding carboxylic acids is 1. The molecule has 1 atom stereocenters. The summed E-state index contributed by atoms with van der Waals surface area (Å²) in [6.07, 6.45) is 4.80. The number of nitrogens with zero attached hydrogens (tertiary/aromatic N) is 1. The third-order valence-electron chi connectivity index (χ3n) is 3.85. The second kappa shape index (κ2) is 6.69. The van der Waals surface area contributed by atoms with Crippen molar-refractivity contribution in [2.45, 2.75) is 26.2 Å². The Balaban J connectivity index is 1.75. The molecule has 2 heteroatoms. The van der Waals surface area contributed by atoms with Crippen LogP contribution in [0.4, 0.5) is 0 Å². The van der Waals surface area contributed by atoms with Crippen LogP contribution >= 0.6 is 0 Å². The molecule has 0 radical (unpaired) electrons. The highest BCUT2D eigenvalue weighted by Gasteiger charge is 2.20. The van der Waals surface area contributed by atoms with E-state index in [2.05, 4.69) is 35.2 Å². The summed E-state index contributed by atoms with van der Waals surface area (Å²) in [5, 5.41) is 0. The van der Waals surface area contributed by atoms with E-state index in [9.17, 15) is 4.79 Å². The topological polar surface area (TPSA) is 20.3 Å². The van der Waals surface area contributed by atoms with Crippen molar-refractivity contribution in [1.29, 1.82) is 0 Å². The molecule has 0 bridgehead atoms. The Morgan fingerprint density at radius 1 is 1.28 bits per heavy atom. The van der Waals surface area contributed by atoms with Crippen molar-refractivity contribution in [2.24, 2.45) is 11.8 Å². The van der Waals surface area contributed by atoms with Gasteiger partial charge in [0.1, 0.15) is 6.29 Å². The Morgan fingerprint density at radius 2 is 1.94 bits per heavy atom. The first kappa shape index (κ1) is 13.3. The molecular formula is C16H23NO. The maximum absolute atomic E-state index is 10.7. The first-order valence-corrected chi connectivity index (χ1v) is 6.99. The minimum Gasteiger partial charge on any atom is -0.303 e. The average Bonchev–Trinajstić information content (AvgIpc) is 2.42. The van der Waals surface area contributed by atoms with E-state index in [1.807, 2.05) is 6.92 Å². The molecule has 0 spiro atoms. The van der Waals surface area contributed by atoms with Crippen LogP contribution in [-0.2, 0) is 11.2 Å². The van der Waals surface area contributed by atoms with Gasteiger partial charge >= 0.3 is 0 Å². The van der Waals surface area contributed by atoms with E-state index in [1.54, 1.807) is 0 Å². The molecule has 1 aliphatic heterocycles. The molecule has 0 saturated carbocycles. The van der Waals surface area contributed by atoms with Crippen LogP contribution in [0.3, 0.4) is 0 Å². The van der Waals surface area contributed by atoms with Crippen molar-refractivity contribution in [2.75, 3.05) is 19.6 Å². The summed E-state index contributed by atoms with van der Waals surface area (Å²) in [6, 6.07) is 10.8. The number of carbonyl (C=O) groups is 1. The van der Waals surface area contributed by atoms with E-state index in [1.165, 1.54) is 24.8 Å². The molecule has 1 heterocycles. The van der Waals surface area contributed by atoms with Gasteiger partial charge in [-0.3, -0.25) is 0 Å². The SMILES string of the molecule is CC(C=O)CN1CCC(Cc2ccccc2)CC1. The lowest BCUT2D eigenvalue weighted by molar-refractivity contribution is -0.111.